The smallest absolute Gasteiger partial charge is 0.184 e. The maximum atomic E-state index is 5.46. The Morgan fingerprint density at radius 2 is 2.05 bits per heavy atom. The molecule has 0 fully saturated rings. The van der Waals surface area contributed by atoms with Gasteiger partial charge in [-0.25, -0.2) is 4.98 Å². The van der Waals surface area contributed by atoms with Gasteiger partial charge >= 0.3 is 0 Å². The highest BCUT2D eigenvalue weighted by atomic mass is 32.1. The highest BCUT2D eigenvalue weighted by molar-refractivity contribution is 7.71. The van der Waals surface area contributed by atoms with E-state index in [0.717, 1.165) is 28.1 Å². The lowest BCUT2D eigenvalue weighted by atomic mass is 10.2. The molecule has 2 heterocycles. The third-order valence-electron chi connectivity index (χ3n) is 3.39. The van der Waals surface area contributed by atoms with E-state index in [2.05, 4.69) is 33.9 Å². The number of aromatic amines is 1. The zero-order chi connectivity index (χ0) is 14.3. The quantitative estimate of drug-likeness (QED) is 0.732. The van der Waals surface area contributed by atoms with E-state index in [1.807, 2.05) is 43.1 Å². The van der Waals surface area contributed by atoms with Gasteiger partial charge in [0.25, 0.3) is 0 Å². The second-order valence-corrected chi connectivity index (χ2v) is 5.39. The number of aromatic nitrogens is 3. The lowest BCUT2D eigenvalue weighted by Gasteiger charge is -2.14. The first-order chi connectivity index (χ1) is 9.58. The summed E-state index contributed by atoms with van der Waals surface area (Å²) < 4.78 is 2.64. The maximum absolute atomic E-state index is 5.46. The molecule has 0 amide bonds. The van der Waals surface area contributed by atoms with Gasteiger partial charge in [-0.15, -0.1) is 0 Å². The number of nitrogens with zero attached hydrogens (tertiary/aromatic N) is 3. The molecular weight excluding hydrogens is 268 g/mol. The predicted octanol–water partition coefficient (Wildman–Crippen LogP) is 3.46. The Bertz CT molecular complexity index is 829. The zero-order valence-electron chi connectivity index (χ0n) is 11.7. The van der Waals surface area contributed by atoms with Crippen molar-refractivity contribution in [2.24, 2.45) is 0 Å². The molecule has 0 spiro atoms. The minimum Gasteiger partial charge on any atom is -0.378 e. The first kappa shape index (κ1) is 12.9. The topological polar surface area (TPSA) is 36.9 Å². The molecule has 0 aliphatic heterocycles. The number of imidazole rings is 1. The lowest BCUT2D eigenvalue weighted by Crippen LogP contribution is -2.09. The van der Waals surface area contributed by atoms with Gasteiger partial charge in [0.15, 0.2) is 10.4 Å². The van der Waals surface area contributed by atoms with E-state index in [-0.39, 0.29) is 0 Å². The largest absolute Gasteiger partial charge is 0.378 e. The van der Waals surface area contributed by atoms with Crippen LogP contribution in [-0.4, -0.2) is 28.6 Å². The summed E-state index contributed by atoms with van der Waals surface area (Å²) in [5.41, 5.74) is 5.15. The molecule has 0 saturated carbocycles. The molecule has 0 atom stereocenters. The van der Waals surface area contributed by atoms with E-state index in [1.165, 1.54) is 0 Å². The monoisotopic (exact) mass is 284 g/mol. The molecular formula is C15H16N4S. The van der Waals surface area contributed by atoms with Crippen molar-refractivity contribution in [3.63, 3.8) is 0 Å². The summed E-state index contributed by atoms with van der Waals surface area (Å²) in [5, 5.41) is 0. The molecule has 0 aliphatic carbocycles. The SMILES string of the molecule is Cc1ccnc2c1[nH]c(=S)n2-c1cccc(N(C)C)c1. The molecule has 1 aromatic carbocycles. The molecule has 1 N–H and O–H groups in total. The molecule has 102 valence electrons. The van der Waals surface area contributed by atoms with Gasteiger partial charge in [0.1, 0.15) is 0 Å². The van der Waals surface area contributed by atoms with Gasteiger partial charge in [0, 0.05) is 26.0 Å². The van der Waals surface area contributed by atoms with Gasteiger partial charge in [-0.2, -0.15) is 0 Å². The van der Waals surface area contributed by atoms with E-state index in [1.54, 1.807) is 0 Å². The first-order valence-corrected chi connectivity index (χ1v) is 6.83. The fourth-order valence-electron chi connectivity index (χ4n) is 2.28. The molecule has 0 unspecified atom stereocenters. The summed E-state index contributed by atoms with van der Waals surface area (Å²) in [7, 11) is 4.05. The van der Waals surface area contributed by atoms with Crippen LogP contribution < -0.4 is 4.90 Å². The van der Waals surface area contributed by atoms with Crippen LogP contribution in [0.2, 0.25) is 0 Å². The van der Waals surface area contributed by atoms with Crippen molar-refractivity contribution in [1.29, 1.82) is 0 Å². The van der Waals surface area contributed by atoms with E-state index in [9.17, 15) is 0 Å². The predicted molar refractivity (Wildman–Crippen MR) is 85.3 cm³/mol. The number of H-pyrrole nitrogens is 1. The number of fused-ring (bicyclic) bond motifs is 1. The average molecular weight is 284 g/mol. The zero-order valence-corrected chi connectivity index (χ0v) is 12.5. The first-order valence-electron chi connectivity index (χ1n) is 6.42. The highest BCUT2D eigenvalue weighted by Gasteiger charge is 2.10. The second-order valence-electron chi connectivity index (χ2n) is 5.01. The van der Waals surface area contributed by atoms with E-state index in [0.29, 0.717) is 4.77 Å². The van der Waals surface area contributed by atoms with Crippen molar-refractivity contribution in [3.05, 3.63) is 46.9 Å². The Hall–Kier alpha value is -2.14. The normalized spacial score (nSPS) is 10.9. The van der Waals surface area contributed by atoms with Crippen molar-refractivity contribution in [2.75, 3.05) is 19.0 Å². The van der Waals surface area contributed by atoms with Crippen LogP contribution in [0.1, 0.15) is 5.56 Å². The maximum Gasteiger partial charge on any atom is 0.184 e. The highest BCUT2D eigenvalue weighted by Crippen LogP contribution is 2.22. The molecule has 4 nitrogen and oxygen atoms in total. The Morgan fingerprint density at radius 1 is 1.25 bits per heavy atom. The number of rotatable bonds is 2. The summed E-state index contributed by atoms with van der Waals surface area (Å²) in [6, 6.07) is 10.2. The number of anilines is 1. The number of aryl methyl sites for hydroxylation is 1. The van der Waals surface area contributed by atoms with Crippen LogP contribution in [0.5, 0.6) is 0 Å². The van der Waals surface area contributed by atoms with Gasteiger partial charge in [0.05, 0.1) is 11.2 Å². The second kappa shape index (κ2) is 4.76. The summed E-state index contributed by atoms with van der Waals surface area (Å²) in [6.07, 6.45) is 1.81. The van der Waals surface area contributed by atoms with Crippen LogP contribution in [0.3, 0.4) is 0 Å². The van der Waals surface area contributed by atoms with Crippen molar-refractivity contribution < 1.29 is 0 Å². The van der Waals surface area contributed by atoms with Crippen LogP contribution in [0.25, 0.3) is 16.9 Å². The van der Waals surface area contributed by atoms with Gasteiger partial charge in [0.2, 0.25) is 0 Å². The average Bonchev–Trinajstić information content (AvgIpc) is 2.77. The van der Waals surface area contributed by atoms with Crippen molar-refractivity contribution in [1.82, 2.24) is 14.5 Å². The summed E-state index contributed by atoms with van der Waals surface area (Å²) in [5.74, 6) is 0. The van der Waals surface area contributed by atoms with Crippen LogP contribution in [-0.2, 0) is 0 Å². The van der Waals surface area contributed by atoms with Crippen LogP contribution >= 0.6 is 12.2 Å². The molecule has 3 aromatic rings. The van der Waals surface area contributed by atoms with E-state index >= 15 is 0 Å². The number of pyridine rings is 1. The van der Waals surface area contributed by atoms with E-state index < -0.39 is 0 Å². The fraction of sp³-hybridized carbons (Fsp3) is 0.200. The van der Waals surface area contributed by atoms with Gasteiger partial charge in [-0.05, 0) is 49.0 Å². The lowest BCUT2D eigenvalue weighted by molar-refractivity contribution is 1.04. The Labute approximate surface area is 122 Å². The Balaban J connectivity index is 2.30. The van der Waals surface area contributed by atoms with Gasteiger partial charge in [-0.1, -0.05) is 6.07 Å². The molecule has 0 saturated heterocycles. The number of nitrogens with one attached hydrogen (secondary N) is 1. The molecule has 5 heteroatoms. The van der Waals surface area contributed by atoms with Crippen LogP contribution in [0.4, 0.5) is 5.69 Å². The molecule has 0 aliphatic rings. The molecule has 2 aromatic heterocycles. The van der Waals surface area contributed by atoms with Crippen LogP contribution in [0, 0.1) is 11.7 Å². The minimum atomic E-state index is 0.665. The van der Waals surface area contributed by atoms with Crippen LogP contribution in [0.15, 0.2) is 36.5 Å². The van der Waals surface area contributed by atoms with Crippen molar-refractivity contribution in [2.45, 2.75) is 6.92 Å². The minimum absolute atomic E-state index is 0.665. The molecule has 0 radical (unpaired) electrons. The third-order valence-corrected chi connectivity index (χ3v) is 3.68. The standard InChI is InChI=1S/C15H16N4S/c1-10-7-8-16-14-13(10)17-15(20)19(14)12-6-4-5-11(9-12)18(2)3/h4-9H,1-3H3,(H,17,20). The Morgan fingerprint density at radius 3 is 2.80 bits per heavy atom. The fourth-order valence-corrected chi connectivity index (χ4v) is 2.57. The number of hydrogen-bond donors (Lipinski definition) is 1. The molecule has 3 rings (SSSR count). The third kappa shape index (κ3) is 2.00. The molecule has 0 bridgehead atoms. The van der Waals surface area contributed by atoms with Crippen molar-refractivity contribution in [3.8, 4) is 5.69 Å². The number of benzene rings is 1. The number of hydrogen-bond acceptors (Lipinski definition) is 3. The van der Waals surface area contributed by atoms with Gasteiger partial charge in [-0.3, -0.25) is 4.57 Å². The van der Waals surface area contributed by atoms with E-state index in [4.69, 9.17) is 12.2 Å². The van der Waals surface area contributed by atoms with Gasteiger partial charge < -0.3 is 9.88 Å². The Kier molecular flexibility index (Phi) is 3.06. The summed E-state index contributed by atoms with van der Waals surface area (Å²) in [6.45, 7) is 2.05. The molecule has 20 heavy (non-hydrogen) atoms. The van der Waals surface area contributed by atoms with Crippen molar-refractivity contribution >= 4 is 29.1 Å². The summed E-state index contributed by atoms with van der Waals surface area (Å²) >= 11 is 5.46. The summed E-state index contributed by atoms with van der Waals surface area (Å²) in [4.78, 5) is 9.78.